The molecule has 2 aromatic carbocycles. The van der Waals surface area contributed by atoms with E-state index in [4.69, 9.17) is 4.74 Å². The fourth-order valence-corrected chi connectivity index (χ4v) is 2.89. The van der Waals surface area contributed by atoms with Crippen LogP contribution in [0.5, 0.6) is 0 Å². The number of halogens is 1. The van der Waals surface area contributed by atoms with Gasteiger partial charge in [0.15, 0.2) is 0 Å². The Morgan fingerprint density at radius 2 is 1.81 bits per heavy atom. The van der Waals surface area contributed by atoms with Crippen LogP contribution in [0.3, 0.4) is 0 Å². The summed E-state index contributed by atoms with van der Waals surface area (Å²) >= 11 is 3.44. The van der Waals surface area contributed by atoms with Gasteiger partial charge in [0.2, 0.25) is 0 Å². The Balaban J connectivity index is 1.71. The summed E-state index contributed by atoms with van der Waals surface area (Å²) in [6.45, 7) is 0. The fourth-order valence-electron chi connectivity index (χ4n) is 2.62. The summed E-state index contributed by atoms with van der Waals surface area (Å²) in [4.78, 5) is 16.6. The number of benzene rings is 2. The second kappa shape index (κ2) is 9.83. The largest absolute Gasteiger partial charge is 0.455 e. The monoisotopic (exact) mass is 421 g/mol. The van der Waals surface area contributed by atoms with Gasteiger partial charge in [-0.15, -0.1) is 0 Å². The van der Waals surface area contributed by atoms with E-state index in [1.807, 2.05) is 72.9 Å². The molecule has 0 saturated heterocycles. The number of aryl methyl sites for hydroxylation is 1. The third-order valence-electron chi connectivity index (χ3n) is 4.08. The molecule has 0 bridgehead atoms. The van der Waals surface area contributed by atoms with E-state index in [1.54, 1.807) is 18.3 Å². The quantitative estimate of drug-likeness (QED) is 0.458. The molecule has 4 heteroatoms. The van der Waals surface area contributed by atoms with Gasteiger partial charge in [-0.25, -0.2) is 4.79 Å². The number of esters is 1. The molecule has 1 unspecified atom stereocenters. The topological polar surface area (TPSA) is 39.2 Å². The number of rotatable bonds is 7. The summed E-state index contributed by atoms with van der Waals surface area (Å²) in [5, 5.41) is 0. The first-order valence-electron chi connectivity index (χ1n) is 8.79. The molecule has 27 heavy (non-hydrogen) atoms. The molecule has 136 valence electrons. The van der Waals surface area contributed by atoms with E-state index in [9.17, 15) is 4.79 Å². The van der Waals surface area contributed by atoms with Crippen molar-refractivity contribution in [1.82, 2.24) is 4.98 Å². The highest BCUT2D eigenvalue weighted by atomic mass is 79.9. The molecule has 3 aromatic rings. The molecule has 1 aromatic heterocycles. The lowest BCUT2D eigenvalue weighted by atomic mass is 10.1. The molecule has 0 saturated carbocycles. The molecule has 0 fully saturated rings. The van der Waals surface area contributed by atoms with Crippen LogP contribution in [0.15, 0.2) is 89.7 Å². The molecule has 0 radical (unpaired) electrons. The van der Waals surface area contributed by atoms with Gasteiger partial charge >= 0.3 is 5.97 Å². The van der Waals surface area contributed by atoms with Gasteiger partial charge in [-0.3, -0.25) is 4.98 Å². The zero-order chi connectivity index (χ0) is 18.9. The second-order valence-corrected chi connectivity index (χ2v) is 7.04. The van der Waals surface area contributed by atoms with E-state index < -0.39 is 0 Å². The number of ether oxygens (including phenoxy) is 1. The van der Waals surface area contributed by atoms with Gasteiger partial charge in [-0.05, 0) is 60.4 Å². The number of hydrogen-bond donors (Lipinski definition) is 0. The van der Waals surface area contributed by atoms with Crippen LogP contribution >= 0.6 is 15.9 Å². The zero-order valence-corrected chi connectivity index (χ0v) is 16.4. The molecule has 0 spiro atoms. The Kier molecular flexibility index (Phi) is 6.94. The summed E-state index contributed by atoms with van der Waals surface area (Å²) in [6.07, 6.45) is 8.68. The molecular weight excluding hydrogens is 402 g/mol. The summed E-state index contributed by atoms with van der Waals surface area (Å²) in [5.41, 5.74) is 2.73. The predicted molar refractivity (Wildman–Crippen MR) is 111 cm³/mol. The summed E-state index contributed by atoms with van der Waals surface area (Å²) < 4.78 is 6.78. The molecule has 0 N–H and O–H groups in total. The van der Waals surface area contributed by atoms with Crippen molar-refractivity contribution in [2.24, 2.45) is 0 Å². The summed E-state index contributed by atoms with van der Waals surface area (Å²) in [6, 6.07) is 21.0. The van der Waals surface area contributed by atoms with Crippen LogP contribution in [0.25, 0.3) is 6.08 Å². The molecule has 3 rings (SSSR count). The van der Waals surface area contributed by atoms with Crippen molar-refractivity contribution in [2.75, 3.05) is 0 Å². The number of pyridine rings is 1. The van der Waals surface area contributed by atoms with E-state index in [0.29, 0.717) is 12.0 Å². The van der Waals surface area contributed by atoms with Crippen molar-refractivity contribution in [1.29, 1.82) is 0 Å². The van der Waals surface area contributed by atoms with Crippen molar-refractivity contribution in [3.8, 4) is 0 Å². The van der Waals surface area contributed by atoms with Crippen molar-refractivity contribution in [3.05, 3.63) is 106 Å². The zero-order valence-electron chi connectivity index (χ0n) is 14.8. The highest BCUT2D eigenvalue weighted by molar-refractivity contribution is 9.10. The first-order chi connectivity index (χ1) is 13.2. The molecule has 3 nitrogen and oxygen atoms in total. The highest BCUT2D eigenvalue weighted by Crippen LogP contribution is 2.15. The third kappa shape index (κ3) is 6.19. The van der Waals surface area contributed by atoms with Gasteiger partial charge in [0.25, 0.3) is 0 Å². The molecule has 0 aliphatic carbocycles. The first-order valence-corrected chi connectivity index (χ1v) is 9.59. The summed E-state index contributed by atoms with van der Waals surface area (Å²) in [7, 11) is 0. The van der Waals surface area contributed by atoms with E-state index in [-0.39, 0.29) is 12.1 Å². The molecule has 1 heterocycles. The van der Waals surface area contributed by atoms with Crippen LogP contribution in [0.2, 0.25) is 0 Å². The number of carbonyl (C=O) groups excluding carboxylic acids is 1. The van der Waals surface area contributed by atoms with Gasteiger partial charge in [-0.1, -0.05) is 58.4 Å². The van der Waals surface area contributed by atoms with E-state index in [2.05, 4.69) is 20.9 Å². The SMILES string of the molecule is O=C(OC(C=Cc1ccc(Br)cc1)CCc1cccnc1)c1ccccc1. The van der Waals surface area contributed by atoms with Crippen LogP contribution in [-0.2, 0) is 11.2 Å². The standard InChI is InChI=1S/C23H20BrNO2/c24-21-12-8-18(9-13-21)10-14-22(15-11-19-5-4-16-25-17-19)27-23(26)20-6-2-1-3-7-20/h1-10,12-14,16-17,22H,11,15H2. The molecule has 0 aliphatic rings. The minimum Gasteiger partial charge on any atom is -0.455 e. The van der Waals surface area contributed by atoms with E-state index in [0.717, 1.165) is 22.0 Å². The maximum atomic E-state index is 12.4. The maximum Gasteiger partial charge on any atom is 0.338 e. The van der Waals surface area contributed by atoms with Crippen molar-refractivity contribution in [2.45, 2.75) is 18.9 Å². The molecular formula is C23H20BrNO2. The van der Waals surface area contributed by atoms with Gasteiger partial charge in [0, 0.05) is 16.9 Å². The molecule has 0 aliphatic heterocycles. The Morgan fingerprint density at radius 3 is 2.52 bits per heavy atom. The minimum atomic E-state index is -0.318. The first kappa shape index (κ1) is 19.1. The van der Waals surface area contributed by atoms with Crippen LogP contribution in [0.1, 0.15) is 27.9 Å². The van der Waals surface area contributed by atoms with Gasteiger partial charge in [0.1, 0.15) is 6.10 Å². The fraction of sp³-hybridized carbons (Fsp3) is 0.130. The smallest absolute Gasteiger partial charge is 0.338 e. The van der Waals surface area contributed by atoms with Gasteiger partial charge < -0.3 is 4.74 Å². The second-order valence-electron chi connectivity index (χ2n) is 6.12. The van der Waals surface area contributed by atoms with Crippen LogP contribution in [0, 0.1) is 0 Å². The lowest BCUT2D eigenvalue weighted by Gasteiger charge is -2.15. The number of hydrogen-bond acceptors (Lipinski definition) is 3. The average molecular weight is 422 g/mol. The average Bonchev–Trinajstić information content (AvgIpc) is 2.72. The minimum absolute atomic E-state index is 0.313. The Bertz CT molecular complexity index is 877. The van der Waals surface area contributed by atoms with Crippen molar-refractivity contribution < 1.29 is 9.53 Å². The van der Waals surface area contributed by atoms with Crippen LogP contribution in [-0.4, -0.2) is 17.1 Å². The Labute approximate surface area is 167 Å². The van der Waals surface area contributed by atoms with Gasteiger partial charge in [0.05, 0.1) is 5.56 Å². The number of carbonyl (C=O) groups is 1. The highest BCUT2D eigenvalue weighted by Gasteiger charge is 2.13. The normalized spacial score (nSPS) is 12.0. The maximum absolute atomic E-state index is 12.4. The lowest BCUT2D eigenvalue weighted by Crippen LogP contribution is -2.17. The number of nitrogens with zero attached hydrogens (tertiary/aromatic N) is 1. The van der Waals surface area contributed by atoms with Crippen LogP contribution < -0.4 is 0 Å². The molecule has 0 amide bonds. The van der Waals surface area contributed by atoms with E-state index in [1.165, 1.54) is 0 Å². The third-order valence-corrected chi connectivity index (χ3v) is 4.61. The Morgan fingerprint density at radius 1 is 1.04 bits per heavy atom. The van der Waals surface area contributed by atoms with E-state index >= 15 is 0 Å². The van der Waals surface area contributed by atoms with Gasteiger partial charge in [-0.2, -0.15) is 0 Å². The molecule has 1 atom stereocenters. The Hall–Kier alpha value is -2.72. The lowest BCUT2D eigenvalue weighted by molar-refractivity contribution is 0.0382. The summed E-state index contributed by atoms with van der Waals surface area (Å²) in [5.74, 6) is -0.313. The number of aromatic nitrogens is 1. The van der Waals surface area contributed by atoms with Crippen LogP contribution in [0.4, 0.5) is 0 Å². The van der Waals surface area contributed by atoms with Crippen molar-refractivity contribution >= 4 is 28.0 Å². The van der Waals surface area contributed by atoms with Crippen molar-refractivity contribution in [3.63, 3.8) is 0 Å². The predicted octanol–water partition coefficient (Wildman–Crippen LogP) is 5.72.